The number of benzene rings is 2. The van der Waals surface area contributed by atoms with Crippen molar-refractivity contribution >= 4 is 51.9 Å². The van der Waals surface area contributed by atoms with Gasteiger partial charge in [0, 0.05) is 26.2 Å². The highest BCUT2D eigenvalue weighted by Gasteiger charge is 2.40. The zero-order chi connectivity index (χ0) is 20.3. The number of carbonyl (C=O) groups is 2. The molecule has 2 aromatic rings. The van der Waals surface area contributed by atoms with Crippen LogP contribution in [0.5, 0.6) is 0 Å². The number of thioether (sulfide) groups is 1. The normalized spacial score (nSPS) is 16.5. The molecule has 0 radical (unpaired) electrons. The van der Waals surface area contributed by atoms with Crippen LogP contribution in [0.2, 0.25) is 0 Å². The number of carboxylic acid groups (broad SMARTS) is 1. The molecule has 1 aliphatic heterocycles. The molecule has 2 aromatic carbocycles. The van der Waals surface area contributed by atoms with Crippen LogP contribution in [0.15, 0.2) is 59.5 Å². The number of nitrogens with zero attached hydrogens (tertiary/aromatic N) is 2. The SMILES string of the molecule is CN(C)c1ccc(/C=C2\SC(=S)N([C@H](Cc3ccccc3)C(=O)O)C2=O)cc1. The minimum absolute atomic E-state index is 0.202. The van der Waals surface area contributed by atoms with E-state index in [1.54, 1.807) is 6.08 Å². The number of hydrogen-bond acceptors (Lipinski definition) is 5. The monoisotopic (exact) mass is 412 g/mol. The fourth-order valence-corrected chi connectivity index (χ4v) is 4.25. The summed E-state index contributed by atoms with van der Waals surface area (Å²) in [7, 11) is 3.91. The first kappa shape index (κ1) is 20.1. The first-order valence-electron chi connectivity index (χ1n) is 8.68. The standard InChI is InChI=1S/C21H20N2O3S2/c1-22(2)16-10-8-15(9-11-16)13-18-19(24)23(21(27)28-18)17(20(25)26)12-14-6-4-3-5-7-14/h3-11,13,17H,12H2,1-2H3,(H,25,26)/b18-13-/t17-/m1/s1. The summed E-state index contributed by atoms with van der Waals surface area (Å²) in [5, 5.41) is 9.70. The molecule has 1 amide bonds. The van der Waals surface area contributed by atoms with Crippen LogP contribution in [0.4, 0.5) is 5.69 Å². The highest BCUT2D eigenvalue weighted by atomic mass is 32.2. The highest BCUT2D eigenvalue weighted by Crippen LogP contribution is 2.35. The minimum Gasteiger partial charge on any atom is -0.480 e. The Balaban J connectivity index is 1.84. The van der Waals surface area contributed by atoms with Gasteiger partial charge in [-0.05, 0) is 29.3 Å². The maximum Gasteiger partial charge on any atom is 0.327 e. The van der Waals surface area contributed by atoms with Crippen LogP contribution in [-0.4, -0.2) is 46.3 Å². The molecule has 1 N–H and O–H groups in total. The lowest BCUT2D eigenvalue weighted by Gasteiger charge is -2.23. The molecule has 3 rings (SSSR count). The number of anilines is 1. The molecule has 0 saturated carbocycles. The number of rotatable bonds is 6. The Kier molecular flexibility index (Phi) is 6.16. The van der Waals surface area contributed by atoms with Crippen molar-refractivity contribution in [3.8, 4) is 0 Å². The Morgan fingerprint density at radius 2 is 1.82 bits per heavy atom. The van der Waals surface area contributed by atoms with Gasteiger partial charge in [-0.3, -0.25) is 9.69 Å². The number of hydrogen-bond donors (Lipinski definition) is 1. The Morgan fingerprint density at radius 3 is 2.39 bits per heavy atom. The van der Waals surface area contributed by atoms with Crippen LogP contribution in [-0.2, 0) is 16.0 Å². The van der Waals surface area contributed by atoms with Gasteiger partial charge in [-0.2, -0.15) is 0 Å². The van der Waals surface area contributed by atoms with E-state index in [9.17, 15) is 14.7 Å². The Hall–Kier alpha value is -2.64. The molecule has 0 unspecified atom stereocenters. The smallest absolute Gasteiger partial charge is 0.327 e. The molecule has 1 saturated heterocycles. The molecule has 1 heterocycles. The van der Waals surface area contributed by atoms with Crippen molar-refractivity contribution < 1.29 is 14.7 Å². The minimum atomic E-state index is -1.07. The van der Waals surface area contributed by atoms with Crippen molar-refractivity contribution in [2.75, 3.05) is 19.0 Å². The van der Waals surface area contributed by atoms with Gasteiger partial charge in [0.05, 0.1) is 4.91 Å². The lowest BCUT2D eigenvalue weighted by molar-refractivity contribution is -0.145. The third-order valence-electron chi connectivity index (χ3n) is 4.40. The van der Waals surface area contributed by atoms with Crippen molar-refractivity contribution in [2.24, 2.45) is 0 Å². The Bertz CT molecular complexity index is 924. The van der Waals surface area contributed by atoms with Crippen molar-refractivity contribution in [1.29, 1.82) is 0 Å². The second kappa shape index (κ2) is 8.58. The number of aliphatic carboxylic acids is 1. The quantitative estimate of drug-likeness (QED) is 0.577. The summed E-state index contributed by atoms with van der Waals surface area (Å²) in [6, 6.07) is 16.0. The van der Waals surface area contributed by atoms with E-state index >= 15 is 0 Å². The molecule has 0 bridgehead atoms. The maximum atomic E-state index is 12.9. The molecule has 0 spiro atoms. The summed E-state index contributed by atoms with van der Waals surface area (Å²) in [4.78, 5) is 28.4. The fourth-order valence-electron chi connectivity index (χ4n) is 2.89. The second-order valence-corrected chi connectivity index (χ2v) is 8.26. The van der Waals surface area contributed by atoms with E-state index in [-0.39, 0.29) is 16.6 Å². The first-order valence-corrected chi connectivity index (χ1v) is 9.90. The van der Waals surface area contributed by atoms with Gasteiger partial charge >= 0.3 is 5.97 Å². The van der Waals surface area contributed by atoms with Crippen LogP contribution in [0.1, 0.15) is 11.1 Å². The average Bonchev–Trinajstić information content (AvgIpc) is 2.94. The van der Waals surface area contributed by atoms with E-state index in [1.165, 1.54) is 4.90 Å². The molecule has 144 valence electrons. The van der Waals surface area contributed by atoms with Gasteiger partial charge in [0.2, 0.25) is 0 Å². The van der Waals surface area contributed by atoms with E-state index in [4.69, 9.17) is 12.2 Å². The molecular weight excluding hydrogens is 392 g/mol. The van der Waals surface area contributed by atoms with Crippen molar-refractivity contribution in [1.82, 2.24) is 4.90 Å². The fraction of sp³-hybridized carbons (Fsp3) is 0.190. The number of carboxylic acids is 1. The number of thiocarbonyl (C=S) groups is 1. The summed E-state index contributed by atoms with van der Waals surface area (Å²) in [6.07, 6.45) is 1.95. The molecule has 1 aliphatic rings. The van der Waals surface area contributed by atoms with Gasteiger partial charge in [0.25, 0.3) is 5.91 Å². The van der Waals surface area contributed by atoms with Crippen LogP contribution in [0.3, 0.4) is 0 Å². The predicted octanol–water partition coefficient (Wildman–Crippen LogP) is 3.65. The first-order chi connectivity index (χ1) is 13.4. The molecule has 1 fully saturated rings. The van der Waals surface area contributed by atoms with Crippen LogP contribution in [0.25, 0.3) is 6.08 Å². The molecular formula is C21H20N2O3S2. The third-order valence-corrected chi connectivity index (χ3v) is 5.73. The van der Waals surface area contributed by atoms with E-state index in [1.807, 2.05) is 73.6 Å². The summed E-state index contributed by atoms with van der Waals surface area (Å²) in [6.45, 7) is 0. The predicted molar refractivity (Wildman–Crippen MR) is 117 cm³/mol. The third kappa shape index (κ3) is 4.43. The number of amides is 1. The van der Waals surface area contributed by atoms with Gasteiger partial charge in [-0.1, -0.05) is 66.4 Å². The van der Waals surface area contributed by atoms with Gasteiger partial charge in [-0.15, -0.1) is 0 Å². The lowest BCUT2D eigenvalue weighted by atomic mass is 10.0. The molecule has 5 nitrogen and oxygen atoms in total. The Morgan fingerprint density at radius 1 is 1.18 bits per heavy atom. The van der Waals surface area contributed by atoms with Crippen molar-refractivity contribution in [3.63, 3.8) is 0 Å². The van der Waals surface area contributed by atoms with E-state index in [0.717, 1.165) is 28.6 Å². The van der Waals surface area contributed by atoms with E-state index in [2.05, 4.69) is 0 Å². The molecule has 1 atom stereocenters. The van der Waals surface area contributed by atoms with Crippen LogP contribution >= 0.6 is 24.0 Å². The number of carbonyl (C=O) groups excluding carboxylic acids is 1. The van der Waals surface area contributed by atoms with Gasteiger partial charge in [-0.25, -0.2) is 4.79 Å². The highest BCUT2D eigenvalue weighted by molar-refractivity contribution is 8.26. The Labute approximate surface area is 173 Å². The molecule has 28 heavy (non-hydrogen) atoms. The summed E-state index contributed by atoms with van der Waals surface area (Å²) >= 11 is 6.47. The van der Waals surface area contributed by atoms with Crippen LogP contribution < -0.4 is 4.90 Å². The van der Waals surface area contributed by atoms with E-state index in [0.29, 0.717) is 4.91 Å². The average molecular weight is 413 g/mol. The van der Waals surface area contributed by atoms with Gasteiger partial charge in [0.15, 0.2) is 0 Å². The second-order valence-electron chi connectivity index (χ2n) is 6.58. The van der Waals surface area contributed by atoms with Crippen LogP contribution in [0, 0.1) is 0 Å². The van der Waals surface area contributed by atoms with Gasteiger partial charge in [0.1, 0.15) is 10.4 Å². The topological polar surface area (TPSA) is 60.9 Å². The molecule has 7 heteroatoms. The summed E-state index contributed by atoms with van der Waals surface area (Å²) in [5.74, 6) is -1.44. The van der Waals surface area contributed by atoms with E-state index < -0.39 is 12.0 Å². The molecule has 0 aromatic heterocycles. The zero-order valence-electron chi connectivity index (χ0n) is 15.5. The largest absolute Gasteiger partial charge is 0.480 e. The zero-order valence-corrected chi connectivity index (χ0v) is 17.2. The maximum absolute atomic E-state index is 12.9. The molecule has 0 aliphatic carbocycles. The van der Waals surface area contributed by atoms with Crippen molar-refractivity contribution in [2.45, 2.75) is 12.5 Å². The van der Waals surface area contributed by atoms with Gasteiger partial charge < -0.3 is 10.0 Å². The summed E-state index contributed by atoms with van der Waals surface area (Å²) < 4.78 is 0.268. The lowest BCUT2D eigenvalue weighted by Crippen LogP contribution is -2.45. The van der Waals surface area contributed by atoms with Crippen molar-refractivity contribution in [3.05, 3.63) is 70.6 Å². The summed E-state index contributed by atoms with van der Waals surface area (Å²) in [5.41, 5.74) is 2.76.